The first-order chi connectivity index (χ1) is 6.59. The number of hydrogen-bond acceptors (Lipinski definition) is 2. The first-order valence-electron chi connectivity index (χ1n) is 5.16. The van der Waals surface area contributed by atoms with Crippen LogP contribution in [0, 0.1) is 5.92 Å². The van der Waals surface area contributed by atoms with E-state index < -0.39 is 0 Å². The first kappa shape index (κ1) is 13.6. The average Bonchev–Trinajstić information content (AvgIpc) is 2.09. The summed E-state index contributed by atoms with van der Waals surface area (Å²) in [5, 5.41) is 0. The van der Waals surface area contributed by atoms with Gasteiger partial charge in [-0.3, -0.25) is 9.59 Å². The van der Waals surface area contributed by atoms with Crippen molar-refractivity contribution in [1.29, 1.82) is 0 Å². The lowest BCUT2D eigenvalue weighted by molar-refractivity contribution is -0.130. The molecule has 0 aromatic rings. The molecule has 0 N–H and O–H groups in total. The first-order valence-corrected chi connectivity index (χ1v) is 5.70. The number of hydrogen-bond donors (Lipinski definition) is 0. The fraction of sp³-hybridized carbons (Fsp3) is 0.818. The van der Waals surface area contributed by atoms with Gasteiger partial charge < -0.3 is 0 Å². The summed E-state index contributed by atoms with van der Waals surface area (Å²) in [4.78, 5) is 22.1. The Balaban J connectivity index is 3.62. The van der Waals surface area contributed by atoms with Gasteiger partial charge in [-0.1, -0.05) is 19.3 Å². The monoisotopic (exact) mass is 218 g/mol. The van der Waals surface area contributed by atoms with Gasteiger partial charge in [0.25, 0.3) is 0 Å². The molecule has 0 aliphatic rings. The van der Waals surface area contributed by atoms with Gasteiger partial charge in [0.2, 0.25) is 0 Å². The lowest BCUT2D eigenvalue weighted by Crippen LogP contribution is -2.19. The largest absolute Gasteiger partial charge is 0.299 e. The van der Waals surface area contributed by atoms with Crippen molar-refractivity contribution in [3.8, 4) is 0 Å². The van der Waals surface area contributed by atoms with Gasteiger partial charge in [-0.25, -0.2) is 0 Å². The van der Waals surface area contributed by atoms with Gasteiger partial charge in [-0.2, -0.15) is 0 Å². The van der Waals surface area contributed by atoms with Crippen molar-refractivity contribution in [3.05, 3.63) is 0 Å². The molecule has 0 aliphatic heterocycles. The highest BCUT2D eigenvalue weighted by atomic mass is 35.5. The molecule has 0 atom stereocenters. The molecule has 0 aliphatic carbocycles. The fourth-order valence-corrected chi connectivity index (χ4v) is 1.68. The molecule has 3 heteroatoms. The number of alkyl halides is 1. The molecule has 0 saturated carbocycles. The van der Waals surface area contributed by atoms with Crippen molar-refractivity contribution in [3.63, 3.8) is 0 Å². The Hall–Kier alpha value is -0.370. The lowest BCUT2D eigenvalue weighted by atomic mass is 9.94. The molecule has 0 unspecified atom stereocenters. The highest BCUT2D eigenvalue weighted by Crippen LogP contribution is 2.13. The summed E-state index contributed by atoms with van der Waals surface area (Å²) in [6.45, 7) is 2.98. The predicted molar refractivity (Wildman–Crippen MR) is 58.7 cm³/mol. The zero-order valence-electron chi connectivity index (χ0n) is 9.01. The number of carbonyl (C=O) groups excluding carboxylic acids is 2. The topological polar surface area (TPSA) is 34.1 Å². The molecule has 0 fully saturated rings. The summed E-state index contributed by atoms with van der Waals surface area (Å²) < 4.78 is 0. The predicted octanol–water partition coefficient (Wildman–Crippen LogP) is 2.97. The highest BCUT2D eigenvalue weighted by Gasteiger charge is 2.18. The van der Waals surface area contributed by atoms with Crippen molar-refractivity contribution >= 4 is 23.2 Å². The Morgan fingerprint density at radius 2 is 1.50 bits per heavy atom. The molecular formula is C11H19ClO2. The van der Waals surface area contributed by atoms with Crippen LogP contribution in [0.3, 0.4) is 0 Å². The van der Waals surface area contributed by atoms with Crippen LogP contribution in [-0.4, -0.2) is 17.4 Å². The normalized spacial score (nSPS) is 10.6. The molecule has 14 heavy (non-hydrogen) atoms. The molecule has 0 radical (unpaired) electrons. The smallest absolute Gasteiger partial charge is 0.140 e. The lowest BCUT2D eigenvalue weighted by Gasteiger charge is -2.09. The second-order valence-electron chi connectivity index (χ2n) is 3.67. The van der Waals surface area contributed by atoms with Crippen molar-refractivity contribution in [2.24, 2.45) is 5.92 Å². The molecule has 0 saturated heterocycles. The molecule has 82 valence electrons. The van der Waals surface area contributed by atoms with Gasteiger partial charge in [-0.05, 0) is 26.7 Å². The Bertz CT molecular complexity index is 176. The molecule has 0 spiro atoms. The number of ketones is 2. The zero-order chi connectivity index (χ0) is 11.0. The zero-order valence-corrected chi connectivity index (χ0v) is 9.77. The van der Waals surface area contributed by atoms with Gasteiger partial charge in [-0.15, -0.1) is 11.6 Å². The van der Waals surface area contributed by atoms with Gasteiger partial charge in [0, 0.05) is 5.88 Å². The van der Waals surface area contributed by atoms with Gasteiger partial charge in [0.1, 0.15) is 11.6 Å². The van der Waals surface area contributed by atoms with Crippen LogP contribution in [-0.2, 0) is 9.59 Å². The van der Waals surface area contributed by atoms with Crippen molar-refractivity contribution in [1.82, 2.24) is 0 Å². The minimum atomic E-state index is -0.369. The third-order valence-corrected chi connectivity index (χ3v) is 2.63. The Labute approximate surface area is 91.0 Å². The highest BCUT2D eigenvalue weighted by molar-refractivity contribution is 6.17. The molecule has 0 bridgehead atoms. The second-order valence-corrected chi connectivity index (χ2v) is 4.04. The van der Waals surface area contributed by atoms with E-state index in [1.165, 1.54) is 13.8 Å². The minimum Gasteiger partial charge on any atom is -0.299 e. The van der Waals surface area contributed by atoms with Crippen molar-refractivity contribution in [2.75, 3.05) is 5.88 Å². The summed E-state index contributed by atoms with van der Waals surface area (Å²) in [6, 6.07) is 0. The Kier molecular flexibility index (Phi) is 7.77. The van der Waals surface area contributed by atoms with E-state index in [0.29, 0.717) is 12.3 Å². The second kappa shape index (κ2) is 7.98. The number of halogens is 1. The summed E-state index contributed by atoms with van der Waals surface area (Å²) in [6.07, 6.45) is 4.82. The van der Waals surface area contributed by atoms with Crippen LogP contribution in [0.15, 0.2) is 0 Å². The van der Waals surface area contributed by atoms with E-state index >= 15 is 0 Å². The van der Waals surface area contributed by atoms with E-state index in [2.05, 4.69) is 0 Å². The molecular weight excluding hydrogens is 200 g/mol. The SMILES string of the molecule is CC(=O)C(CCCCCCCl)C(C)=O. The molecule has 2 nitrogen and oxygen atoms in total. The number of carbonyl (C=O) groups is 2. The maximum atomic E-state index is 11.1. The van der Waals surface area contributed by atoms with E-state index in [1.54, 1.807) is 0 Å². The minimum absolute atomic E-state index is 0.00477. The maximum Gasteiger partial charge on any atom is 0.140 e. The third-order valence-electron chi connectivity index (χ3n) is 2.36. The van der Waals surface area contributed by atoms with E-state index in [-0.39, 0.29) is 17.5 Å². The van der Waals surface area contributed by atoms with E-state index in [4.69, 9.17) is 11.6 Å². The van der Waals surface area contributed by atoms with Crippen LogP contribution in [0.2, 0.25) is 0 Å². The van der Waals surface area contributed by atoms with Crippen LogP contribution in [0.25, 0.3) is 0 Å². The summed E-state index contributed by atoms with van der Waals surface area (Å²) in [5.74, 6) is 0.318. The van der Waals surface area contributed by atoms with E-state index in [0.717, 1.165) is 25.7 Å². The van der Waals surface area contributed by atoms with Crippen LogP contribution < -0.4 is 0 Å². The van der Waals surface area contributed by atoms with Crippen molar-refractivity contribution < 1.29 is 9.59 Å². The van der Waals surface area contributed by atoms with E-state index in [1.807, 2.05) is 0 Å². The van der Waals surface area contributed by atoms with Crippen LogP contribution in [0.4, 0.5) is 0 Å². The van der Waals surface area contributed by atoms with Crippen molar-refractivity contribution in [2.45, 2.75) is 46.0 Å². The third kappa shape index (κ3) is 6.14. The number of Topliss-reactive ketones (excluding diaryl/α,β-unsaturated/α-hetero) is 2. The Morgan fingerprint density at radius 1 is 1.00 bits per heavy atom. The van der Waals surface area contributed by atoms with Gasteiger partial charge in [0.15, 0.2) is 0 Å². The quantitative estimate of drug-likeness (QED) is 0.357. The molecule has 0 aromatic carbocycles. The summed E-state index contributed by atoms with van der Waals surface area (Å²) in [7, 11) is 0. The van der Waals surface area contributed by atoms with Crippen LogP contribution >= 0.6 is 11.6 Å². The Morgan fingerprint density at radius 3 is 1.93 bits per heavy atom. The summed E-state index contributed by atoms with van der Waals surface area (Å²) >= 11 is 5.54. The average molecular weight is 219 g/mol. The molecule has 0 heterocycles. The number of rotatable bonds is 8. The fourth-order valence-electron chi connectivity index (χ4n) is 1.49. The van der Waals surface area contributed by atoms with E-state index in [9.17, 15) is 9.59 Å². The van der Waals surface area contributed by atoms with Crippen LogP contribution in [0.1, 0.15) is 46.0 Å². The van der Waals surface area contributed by atoms with Gasteiger partial charge >= 0.3 is 0 Å². The maximum absolute atomic E-state index is 11.1. The summed E-state index contributed by atoms with van der Waals surface area (Å²) in [5.41, 5.74) is 0. The molecule has 0 amide bonds. The molecule has 0 aromatic heterocycles. The van der Waals surface area contributed by atoms with Crippen LogP contribution in [0.5, 0.6) is 0 Å². The standard InChI is InChI=1S/C11H19ClO2/c1-9(13)11(10(2)14)7-5-3-4-6-8-12/h11H,3-8H2,1-2H3. The van der Waals surface area contributed by atoms with Gasteiger partial charge in [0.05, 0.1) is 5.92 Å². The number of unbranched alkanes of at least 4 members (excludes halogenated alkanes) is 3. The molecule has 0 rings (SSSR count).